The Labute approximate surface area is 198 Å². The van der Waals surface area contributed by atoms with Gasteiger partial charge in [-0.25, -0.2) is 13.5 Å². The minimum atomic E-state index is -4.74. The molecule has 0 aliphatic carbocycles. The molecule has 4 N–H and O–H groups in total. The minimum Gasteiger partial charge on any atom is -0.368 e. The van der Waals surface area contributed by atoms with Crippen LogP contribution >= 0.6 is 11.6 Å². The molecule has 1 saturated heterocycles. The third kappa shape index (κ3) is 4.97. The van der Waals surface area contributed by atoms with Crippen molar-refractivity contribution in [1.82, 2.24) is 24.4 Å². The van der Waals surface area contributed by atoms with Crippen molar-refractivity contribution < 1.29 is 21.6 Å². The number of alkyl halides is 3. The Morgan fingerprint density at radius 3 is 2.32 bits per heavy atom. The number of aromatic amines is 1. The predicted octanol–water partition coefficient (Wildman–Crippen LogP) is 3.41. The topological polar surface area (TPSA) is 120 Å². The van der Waals surface area contributed by atoms with Crippen LogP contribution in [0.2, 0.25) is 5.02 Å². The molecule has 34 heavy (non-hydrogen) atoms. The van der Waals surface area contributed by atoms with Gasteiger partial charge in [0.15, 0.2) is 0 Å². The van der Waals surface area contributed by atoms with E-state index in [1.165, 1.54) is 34.6 Å². The van der Waals surface area contributed by atoms with Crippen LogP contribution in [-0.2, 0) is 16.2 Å². The second-order valence-electron chi connectivity index (χ2n) is 7.78. The number of aromatic nitrogens is 3. The van der Waals surface area contributed by atoms with E-state index in [0.29, 0.717) is 26.2 Å². The van der Waals surface area contributed by atoms with E-state index >= 15 is 0 Å². The molecule has 9 nitrogen and oxygen atoms in total. The molecule has 2 heterocycles. The van der Waals surface area contributed by atoms with Crippen LogP contribution in [0.15, 0.2) is 41.3 Å². The van der Waals surface area contributed by atoms with Gasteiger partial charge in [0.05, 0.1) is 15.5 Å². The number of H-pyrrole nitrogens is 1. The first-order chi connectivity index (χ1) is 15.9. The lowest BCUT2D eigenvalue weighted by atomic mass is 9.98. The van der Waals surface area contributed by atoms with Crippen molar-refractivity contribution in [3.8, 4) is 11.1 Å². The fourth-order valence-electron chi connectivity index (χ4n) is 3.63. The number of nitrogen functional groups attached to an aromatic ring is 1. The molecule has 0 spiro atoms. The van der Waals surface area contributed by atoms with Crippen molar-refractivity contribution in [3.63, 3.8) is 0 Å². The van der Waals surface area contributed by atoms with Gasteiger partial charge in [-0.05, 0) is 36.9 Å². The summed E-state index contributed by atoms with van der Waals surface area (Å²) in [6.45, 7) is 1.89. The smallest absolute Gasteiger partial charge is 0.368 e. The molecule has 0 amide bonds. The molecular weight excluding hydrogens is 495 g/mol. The number of benzene rings is 2. The molecule has 0 saturated carbocycles. The number of nitrogens with one attached hydrogen (secondary N) is 2. The highest BCUT2D eigenvalue weighted by Crippen LogP contribution is 2.43. The van der Waals surface area contributed by atoms with E-state index in [1.54, 1.807) is 0 Å². The maximum absolute atomic E-state index is 13.9. The SMILES string of the molecule is CN1CCN(S(=O)(=O)c2ccc(-c3c(Cl)cc(Nc4n[nH]c(N)n4)cc3C(F)(F)F)cc2)CC1. The Morgan fingerprint density at radius 1 is 1.12 bits per heavy atom. The summed E-state index contributed by atoms with van der Waals surface area (Å²) >= 11 is 6.27. The van der Waals surface area contributed by atoms with E-state index in [4.69, 9.17) is 17.3 Å². The number of nitrogens with two attached hydrogens (primary N) is 1. The first-order valence-electron chi connectivity index (χ1n) is 10.1. The van der Waals surface area contributed by atoms with Gasteiger partial charge < -0.3 is 16.0 Å². The van der Waals surface area contributed by atoms with E-state index in [-0.39, 0.29) is 38.6 Å². The number of hydrogen-bond donors (Lipinski definition) is 3. The highest BCUT2D eigenvalue weighted by Gasteiger charge is 2.36. The summed E-state index contributed by atoms with van der Waals surface area (Å²) in [5.74, 6) is -0.0271. The summed E-state index contributed by atoms with van der Waals surface area (Å²) in [5.41, 5.74) is 4.31. The zero-order valence-corrected chi connectivity index (χ0v) is 19.5. The predicted molar refractivity (Wildman–Crippen MR) is 122 cm³/mol. The molecule has 0 bridgehead atoms. The number of anilines is 3. The normalized spacial score (nSPS) is 16.0. The van der Waals surface area contributed by atoms with Gasteiger partial charge in [0.1, 0.15) is 0 Å². The molecule has 1 aliphatic heterocycles. The fourth-order valence-corrected chi connectivity index (χ4v) is 5.38. The lowest BCUT2D eigenvalue weighted by Gasteiger charge is -2.31. The lowest BCUT2D eigenvalue weighted by Crippen LogP contribution is -2.46. The third-order valence-corrected chi connectivity index (χ3v) is 7.61. The standard InChI is InChI=1S/C20H21ClF3N7O2S/c1-30-6-8-31(9-7-30)34(32,33)14-4-2-12(3-5-14)17-15(20(22,23)24)10-13(11-16(17)21)26-19-27-18(25)28-29-19/h2-5,10-11H,6-9H2,1H3,(H4,25,26,27,28,29). The first kappa shape index (κ1) is 24.3. The Kier molecular flexibility index (Phi) is 6.46. The van der Waals surface area contributed by atoms with Crippen LogP contribution in [0, 0.1) is 0 Å². The quantitative estimate of drug-likeness (QED) is 0.476. The van der Waals surface area contributed by atoms with Crippen LogP contribution in [0.1, 0.15) is 5.56 Å². The van der Waals surface area contributed by atoms with Gasteiger partial charge in [-0.15, -0.1) is 5.10 Å². The molecular formula is C20H21ClF3N7O2S. The molecule has 4 rings (SSSR count). The van der Waals surface area contributed by atoms with Crippen molar-refractivity contribution in [1.29, 1.82) is 0 Å². The highest BCUT2D eigenvalue weighted by molar-refractivity contribution is 7.89. The van der Waals surface area contributed by atoms with E-state index < -0.39 is 21.8 Å². The molecule has 3 aromatic rings. The van der Waals surface area contributed by atoms with Crippen molar-refractivity contribution in [2.75, 3.05) is 44.3 Å². The van der Waals surface area contributed by atoms with Crippen molar-refractivity contribution in [3.05, 3.63) is 47.0 Å². The Hall–Kier alpha value is -2.87. The molecule has 0 unspecified atom stereocenters. The van der Waals surface area contributed by atoms with Crippen LogP contribution in [0.4, 0.5) is 30.8 Å². The highest BCUT2D eigenvalue weighted by atomic mass is 35.5. The van der Waals surface area contributed by atoms with Gasteiger partial charge >= 0.3 is 6.18 Å². The lowest BCUT2D eigenvalue weighted by molar-refractivity contribution is -0.137. The van der Waals surface area contributed by atoms with E-state index in [1.807, 2.05) is 11.9 Å². The molecule has 1 aliphatic rings. The van der Waals surface area contributed by atoms with Crippen LogP contribution in [0.3, 0.4) is 0 Å². The van der Waals surface area contributed by atoms with Crippen LogP contribution in [0.5, 0.6) is 0 Å². The fraction of sp³-hybridized carbons (Fsp3) is 0.300. The van der Waals surface area contributed by atoms with Crippen molar-refractivity contribution >= 4 is 39.2 Å². The second-order valence-corrected chi connectivity index (χ2v) is 10.1. The Bertz CT molecular complexity index is 1290. The summed E-state index contributed by atoms with van der Waals surface area (Å²) < 4.78 is 69.0. The third-order valence-electron chi connectivity index (χ3n) is 5.40. The van der Waals surface area contributed by atoms with Crippen molar-refractivity contribution in [2.45, 2.75) is 11.1 Å². The molecule has 14 heteroatoms. The molecule has 1 fully saturated rings. The summed E-state index contributed by atoms with van der Waals surface area (Å²) in [6.07, 6.45) is -4.74. The van der Waals surface area contributed by atoms with Gasteiger partial charge in [0.25, 0.3) is 0 Å². The average Bonchev–Trinajstić information content (AvgIpc) is 3.17. The minimum absolute atomic E-state index is 0.00552. The Balaban J connectivity index is 1.68. The number of likely N-dealkylation sites (N-methyl/N-ethyl adjacent to an activating group) is 1. The van der Waals surface area contributed by atoms with Crippen LogP contribution < -0.4 is 11.1 Å². The molecule has 0 atom stereocenters. The molecule has 2 aromatic carbocycles. The number of sulfonamides is 1. The molecule has 0 radical (unpaired) electrons. The van der Waals surface area contributed by atoms with Gasteiger partial charge in [-0.1, -0.05) is 23.7 Å². The maximum atomic E-state index is 13.9. The number of piperazine rings is 1. The first-order valence-corrected chi connectivity index (χ1v) is 11.9. The van der Waals surface area contributed by atoms with Crippen LogP contribution in [0.25, 0.3) is 11.1 Å². The largest absolute Gasteiger partial charge is 0.417 e. The van der Waals surface area contributed by atoms with Gasteiger partial charge in [0.2, 0.25) is 21.9 Å². The van der Waals surface area contributed by atoms with Gasteiger partial charge in [0, 0.05) is 37.4 Å². The molecule has 182 valence electrons. The number of rotatable bonds is 5. The average molecular weight is 516 g/mol. The Morgan fingerprint density at radius 2 is 1.76 bits per heavy atom. The zero-order valence-electron chi connectivity index (χ0n) is 17.9. The number of halogens is 4. The van der Waals surface area contributed by atoms with E-state index in [9.17, 15) is 21.6 Å². The zero-order chi connectivity index (χ0) is 24.7. The molecule has 1 aromatic heterocycles. The summed E-state index contributed by atoms with van der Waals surface area (Å²) in [6, 6.07) is 7.41. The van der Waals surface area contributed by atoms with E-state index in [2.05, 4.69) is 20.5 Å². The summed E-state index contributed by atoms with van der Waals surface area (Å²) in [4.78, 5) is 5.82. The number of hydrogen-bond acceptors (Lipinski definition) is 7. The number of nitrogens with zero attached hydrogens (tertiary/aromatic N) is 4. The summed E-state index contributed by atoms with van der Waals surface area (Å²) in [5, 5.41) is 8.54. The van der Waals surface area contributed by atoms with Gasteiger partial charge in [-0.3, -0.25) is 0 Å². The van der Waals surface area contributed by atoms with Crippen molar-refractivity contribution in [2.24, 2.45) is 0 Å². The van der Waals surface area contributed by atoms with Gasteiger partial charge in [-0.2, -0.15) is 22.5 Å². The van der Waals surface area contributed by atoms with E-state index in [0.717, 1.165) is 6.07 Å². The maximum Gasteiger partial charge on any atom is 0.417 e. The second kappa shape index (κ2) is 9.06. The summed E-state index contributed by atoms with van der Waals surface area (Å²) in [7, 11) is -1.85. The monoisotopic (exact) mass is 515 g/mol. The van der Waals surface area contributed by atoms with Crippen LogP contribution in [-0.4, -0.2) is 66.0 Å².